The van der Waals surface area contributed by atoms with Crippen molar-refractivity contribution in [1.29, 1.82) is 0 Å². The van der Waals surface area contributed by atoms with Crippen LogP contribution in [0.3, 0.4) is 0 Å². The third-order valence-corrected chi connectivity index (χ3v) is 4.14. The summed E-state index contributed by atoms with van der Waals surface area (Å²) in [6, 6.07) is 8.98. The summed E-state index contributed by atoms with van der Waals surface area (Å²) < 4.78 is 2.22. The highest BCUT2D eigenvalue weighted by Gasteiger charge is 2.18. The number of hydrogen-bond donors (Lipinski definition) is 1. The zero-order chi connectivity index (χ0) is 13.2. The first-order valence-corrected chi connectivity index (χ1v) is 7.11. The van der Waals surface area contributed by atoms with E-state index in [0.29, 0.717) is 6.04 Å². The van der Waals surface area contributed by atoms with Gasteiger partial charge in [-0.25, -0.2) is 4.98 Å². The zero-order valence-corrected chi connectivity index (χ0v) is 14.2. The van der Waals surface area contributed by atoms with Crippen LogP contribution >= 0.6 is 24.8 Å². The van der Waals surface area contributed by atoms with E-state index in [4.69, 9.17) is 4.98 Å². The van der Waals surface area contributed by atoms with Crippen LogP contribution in [0.25, 0.3) is 11.0 Å². The van der Waals surface area contributed by atoms with E-state index < -0.39 is 0 Å². The fourth-order valence-electron chi connectivity index (χ4n) is 2.88. The molecule has 1 aliphatic rings. The zero-order valence-electron chi connectivity index (χ0n) is 12.6. The number of para-hydroxylation sites is 2. The Morgan fingerprint density at radius 1 is 1.29 bits per heavy atom. The molecule has 1 fully saturated rings. The van der Waals surface area contributed by atoms with Gasteiger partial charge in [0.1, 0.15) is 5.82 Å². The van der Waals surface area contributed by atoms with Crippen LogP contribution in [-0.4, -0.2) is 46.7 Å². The van der Waals surface area contributed by atoms with Crippen LogP contribution in [0, 0.1) is 0 Å². The predicted octanol–water partition coefficient (Wildman–Crippen LogP) is 2.25. The Morgan fingerprint density at radius 3 is 2.76 bits per heavy atom. The molecule has 21 heavy (non-hydrogen) atoms. The molecule has 1 aromatic carbocycles. The minimum Gasteiger partial charge on any atom is -0.331 e. The van der Waals surface area contributed by atoms with Crippen LogP contribution in [0.2, 0.25) is 0 Å². The maximum atomic E-state index is 4.74. The Balaban J connectivity index is 0.00000110. The van der Waals surface area contributed by atoms with Crippen molar-refractivity contribution in [2.24, 2.45) is 7.05 Å². The lowest BCUT2D eigenvalue weighted by molar-refractivity contribution is 0.174. The van der Waals surface area contributed by atoms with Crippen LogP contribution in [-0.2, 0) is 13.5 Å². The molecule has 4 nitrogen and oxygen atoms in total. The highest BCUT2D eigenvalue weighted by molar-refractivity contribution is 5.85. The highest BCUT2D eigenvalue weighted by Crippen LogP contribution is 2.15. The molecule has 0 unspecified atom stereocenters. The topological polar surface area (TPSA) is 33.1 Å². The minimum absolute atomic E-state index is 0. The smallest absolute Gasteiger partial charge is 0.110 e. The van der Waals surface area contributed by atoms with Crippen molar-refractivity contribution in [3.8, 4) is 0 Å². The van der Waals surface area contributed by atoms with Gasteiger partial charge in [0.15, 0.2) is 0 Å². The molecule has 2 heterocycles. The molecule has 2 aromatic rings. The van der Waals surface area contributed by atoms with E-state index in [1.54, 1.807) is 0 Å². The minimum atomic E-state index is 0. The first-order chi connectivity index (χ1) is 9.25. The van der Waals surface area contributed by atoms with E-state index in [9.17, 15) is 0 Å². The number of fused-ring (bicyclic) bond motifs is 1. The summed E-state index contributed by atoms with van der Waals surface area (Å²) in [6.07, 6.45) is 1.02. The van der Waals surface area contributed by atoms with Crippen LogP contribution in [0.15, 0.2) is 24.3 Å². The van der Waals surface area contributed by atoms with Crippen molar-refractivity contribution in [3.63, 3.8) is 0 Å². The lowest BCUT2D eigenvalue weighted by atomic mass is 10.2. The molecule has 3 rings (SSSR count). The second-order valence-corrected chi connectivity index (χ2v) is 5.41. The van der Waals surface area contributed by atoms with Crippen molar-refractivity contribution in [2.75, 3.05) is 26.2 Å². The lowest BCUT2D eigenvalue weighted by Gasteiger charge is -2.33. The predicted molar refractivity (Wildman–Crippen MR) is 92.8 cm³/mol. The molecule has 1 aliphatic heterocycles. The number of benzene rings is 1. The van der Waals surface area contributed by atoms with Gasteiger partial charge in [-0.15, -0.1) is 24.8 Å². The summed E-state index contributed by atoms with van der Waals surface area (Å²) in [5, 5.41) is 3.43. The van der Waals surface area contributed by atoms with E-state index in [0.717, 1.165) is 38.1 Å². The van der Waals surface area contributed by atoms with E-state index >= 15 is 0 Å². The first-order valence-electron chi connectivity index (χ1n) is 7.11. The molecular weight excluding hydrogens is 307 g/mol. The van der Waals surface area contributed by atoms with Crippen LogP contribution in [0.4, 0.5) is 0 Å². The first kappa shape index (κ1) is 18.2. The summed E-state index contributed by atoms with van der Waals surface area (Å²) in [5.41, 5.74) is 2.33. The second kappa shape index (κ2) is 7.99. The summed E-state index contributed by atoms with van der Waals surface area (Å²) in [4.78, 5) is 7.29. The summed E-state index contributed by atoms with van der Waals surface area (Å²) in [5.74, 6) is 1.19. The third kappa shape index (κ3) is 3.89. The van der Waals surface area contributed by atoms with Crippen molar-refractivity contribution >= 4 is 35.8 Å². The maximum absolute atomic E-state index is 4.74. The molecule has 0 aliphatic carbocycles. The SMILES string of the molecule is C[C@@H]1CNCCN1CCc1nc2ccccc2n1C.Cl.Cl. The number of nitrogens with one attached hydrogen (secondary N) is 1. The Kier molecular flexibility index (Phi) is 6.94. The number of imidazole rings is 1. The molecule has 0 amide bonds. The fraction of sp³-hybridized carbons (Fsp3) is 0.533. The highest BCUT2D eigenvalue weighted by atomic mass is 35.5. The molecule has 0 spiro atoms. The van der Waals surface area contributed by atoms with E-state index in [-0.39, 0.29) is 24.8 Å². The van der Waals surface area contributed by atoms with Gasteiger partial charge in [0.05, 0.1) is 11.0 Å². The second-order valence-electron chi connectivity index (χ2n) is 5.41. The van der Waals surface area contributed by atoms with Crippen molar-refractivity contribution in [3.05, 3.63) is 30.1 Å². The largest absolute Gasteiger partial charge is 0.331 e. The molecule has 1 atom stereocenters. The van der Waals surface area contributed by atoms with Gasteiger partial charge in [-0.2, -0.15) is 0 Å². The number of nitrogens with zero attached hydrogens (tertiary/aromatic N) is 3. The average Bonchev–Trinajstić information content (AvgIpc) is 2.75. The van der Waals surface area contributed by atoms with Crippen LogP contribution in [0.1, 0.15) is 12.7 Å². The molecule has 0 radical (unpaired) electrons. The quantitative estimate of drug-likeness (QED) is 0.937. The number of aromatic nitrogens is 2. The number of rotatable bonds is 3. The normalized spacial score (nSPS) is 19.0. The van der Waals surface area contributed by atoms with Gasteiger partial charge in [-0.1, -0.05) is 12.1 Å². The molecule has 1 aromatic heterocycles. The van der Waals surface area contributed by atoms with Crippen molar-refractivity contribution in [2.45, 2.75) is 19.4 Å². The van der Waals surface area contributed by atoms with Gasteiger partial charge in [-0.05, 0) is 19.1 Å². The van der Waals surface area contributed by atoms with E-state index in [1.165, 1.54) is 11.3 Å². The molecule has 0 saturated carbocycles. The maximum Gasteiger partial charge on any atom is 0.110 e. The summed E-state index contributed by atoms with van der Waals surface area (Å²) in [6.45, 7) is 6.74. The molecule has 1 saturated heterocycles. The lowest BCUT2D eigenvalue weighted by Crippen LogP contribution is -2.50. The fourth-order valence-corrected chi connectivity index (χ4v) is 2.88. The Bertz CT molecular complexity index is 570. The van der Waals surface area contributed by atoms with E-state index in [1.807, 2.05) is 0 Å². The standard InChI is InChI=1S/C15H22N4.2ClH/c1-12-11-16-8-10-19(12)9-7-15-17-13-5-3-4-6-14(13)18(15)2;;/h3-6,12,16H,7-11H2,1-2H3;2*1H/t12-;;/m1../s1. The van der Waals surface area contributed by atoms with Crippen LogP contribution in [0.5, 0.6) is 0 Å². The van der Waals surface area contributed by atoms with Crippen molar-refractivity contribution < 1.29 is 0 Å². The van der Waals surface area contributed by atoms with Gasteiger partial charge in [0.2, 0.25) is 0 Å². The average molecular weight is 331 g/mol. The third-order valence-electron chi connectivity index (χ3n) is 4.14. The number of piperazine rings is 1. The van der Waals surface area contributed by atoms with Crippen LogP contribution < -0.4 is 5.32 Å². The summed E-state index contributed by atoms with van der Waals surface area (Å²) in [7, 11) is 2.12. The summed E-state index contributed by atoms with van der Waals surface area (Å²) >= 11 is 0. The Hall–Kier alpha value is -0.810. The Labute approximate surface area is 138 Å². The molecule has 6 heteroatoms. The van der Waals surface area contributed by atoms with Gasteiger partial charge < -0.3 is 9.88 Å². The number of halogens is 2. The van der Waals surface area contributed by atoms with Gasteiger partial charge in [-0.3, -0.25) is 4.90 Å². The molecular formula is C15H24Cl2N4. The van der Waals surface area contributed by atoms with E-state index in [2.05, 4.69) is 53.0 Å². The van der Waals surface area contributed by atoms with Gasteiger partial charge in [0.25, 0.3) is 0 Å². The molecule has 1 N–H and O–H groups in total. The van der Waals surface area contributed by atoms with Gasteiger partial charge in [0, 0.05) is 45.7 Å². The van der Waals surface area contributed by atoms with Gasteiger partial charge >= 0.3 is 0 Å². The Morgan fingerprint density at radius 2 is 2.05 bits per heavy atom. The monoisotopic (exact) mass is 330 g/mol. The number of hydrogen-bond acceptors (Lipinski definition) is 3. The molecule has 118 valence electrons. The molecule has 0 bridgehead atoms. The van der Waals surface area contributed by atoms with Crippen molar-refractivity contribution in [1.82, 2.24) is 19.8 Å². The number of aryl methyl sites for hydroxylation is 1.